The Labute approximate surface area is 147 Å². The number of carbonyl (C=O) groups is 1. The van der Waals surface area contributed by atoms with Crippen molar-refractivity contribution in [1.82, 2.24) is 14.3 Å². The number of rotatable bonds is 3. The SMILES string of the molecule is O=C(NS(=O)c1ccccc1Cl)c1cc2cc(C(F)(F)F)ccn2n1. The summed E-state index contributed by atoms with van der Waals surface area (Å²) in [4.78, 5) is 12.4. The third-order valence-electron chi connectivity index (χ3n) is 3.25. The molecule has 0 aliphatic rings. The van der Waals surface area contributed by atoms with E-state index < -0.39 is 28.6 Å². The van der Waals surface area contributed by atoms with Crippen LogP contribution in [0.25, 0.3) is 5.52 Å². The van der Waals surface area contributed by atoms with Crippen molar-refractivity contribution in [2.24, 2.45) is 0 Å². The van der Waals surface area contributed by atoms with Crippen LogP contribution >= 0.6 is 11.6 Å². The summed E-state index contributed by atoms with van der Waals surface area (Å²) >= 11 is 5.90. The molecule has 130 valence electrons. The normalized spacial score (nSPS) is 13.0. The van der Waals surface area contributed by atoms with E-state index in [0.717, 1.165) is 22.8 Å². The van der Waals surface area contributed by atoms with Gasteiger partial charge in [-0.05, 0) is 30.3 Å². The number of carbonyl (C=O) groups excluding carboxylic acids is 1. The Kier molecular flexibility index (Phi) is 4.53. The third-order valence-corrected chi connectivity index (χ3v) is 4.81. The van der Waals surface area contributed by atoms with Crippen molar-refractivity contribution in [1.29, 1.82) is 0 Å². The summed E-state index contributed by atoms with van der Waals surface area (Å²) in [5.41, 5.74) is -0.935. The topological polar surface area (TPSA) is 63.5 Å². The summed E-state index contributed by atoms with van der Waals surface area (Å²) in [7, 11) is -1.93. The molecule has 3 aromatic rings. The van der Waals surface area contributed by atoms with Gasteiger partial charge in [0.1, 0.15) is 0 Å². The van der Waals surface area contributed by atoms with Crippen LogP contribution in [-0.4, -0.2) is 19.7 Å². The van der Waals surface area contributed by atoms with Crippen molar-refractivity contribution in [3.8, 4) is 0 Å². The van der Waals surface area contributed by atoms with Crippen molar-refractivity contribution in [3.63, 3.8) is 0 Å². The van der Waals surface area contributed by atoms with Crippen LogP contribution in [-0.2, 0) is 17.2 Å². The standard InChI is InChI=1S/C15H9ClF3N3O2S/c16-11-3-1-2-4-13(11)25(24)21-14(23)12-8-10-7-9(15(17,18)19)5-6-22(10)20-12/h1-8H,(H,21,23). The second-order valence-corrected chi connectivity index (χ2v) is 6.53. The maximum absolute atomic E-state index is 12.7. The summed E-state index contributed by atoms with van der Waals surface area (Å²) in [6, 6.07) is 9.15. The molecule has 1 atom stereocenters. The quantitative estimate of drug-likeness (QED) is 0.748. The summed E-state index contributed by atoms with van der Waals surface area (Å²) < 4.78 is 53.6. The first-order chi connectivity index (χ1) is 11.8. The molecule has 1 N–H and O–H groups in total. The van der Waals surface area contributed by atoms with Crippen LogP contribution in [0.5, 0.6) is 0 Å². The lowest BCUT2D eigenvalue weighted by molar-refractivity contribution is -0.137. The molecule has 0 spiro atoms. The van der Waals surface area contributed by atoms with E-state index in [0.29, 0.717) is 0 Å². The van der Waals surface area contributed by atoms with Crippen LogP contribution in [0.4, 0.5) is 13.2 Å². The average molecular weight is 388 g/mol. The molecule has 0 fully saturated rings. The largest absolute Gasteiger partial charge is 0.416 e. The second kappa shape index (κ2) is 6.49. The van der Waals surface area contributed by atoms with E-state index in [-0.39, 0.29) is 21.1 Å². The highest BCUT2D eigenvalue weighted by atomic mass is 35.5. The molecule has 3 rings (SSSR count). The smallest absolute Gasteiger partial charge is 0.266 e. The molecule has 0 saturated carbocycles. The van der Waals surface area contributed by atoms with Gasteiger partial charge in [0.25, 0.3) is 5.91 Å². The number of nitrogens with one attached hydrogen (secondary N) is 1. The molecule has 0 saturated heterocycles. The van der Waals surface area contributed by atoms with Crippen molar-refractivity contribution < 1.29 is 22.2 Å². The molecule has 1 aromatic carbocycles. The van der Waals surface area contributed by atoms with Gasteiger partial charge in [-0.1, -0.05) is 23.7 Å². The molecule has 2 heterocycles. The number of alkyl halides is 3. The lowest BCUT2D eigenvalue weighted by Crippen LogP contribution is -2.26. The Balaban J connectivity index is 1.85. The molecule has 1 unspecified atom stereocenters. The van der Waals surface area contributed by atoms with E-state index in [9.17, 15) is 22.2 Å². The number of fused-ring (bicyclic) bond motifs is 1. The molecule has 0 bridgehead atoms. The summed E-state index contributed by atoms with van der Waals surface area (Å²) in [6.45, 7) is 0. The zero-order chi connectivity index (χ0) is 18.2. The van der Waals surface area contributed by atoms with Crippen molar-refractivity contribution in [3.05, 3.63) is 64.9 Å². The fourth-order valence-electron chi connectivity index (χ4n) is 2.07. The second-order valence-electron chi connectivity index (χ2n) is 4.94. The lowest BCUT2D eigenvalue weighted by atomic mass is 10.2. The Bertz CT molecular complexity index is 988. The number of amides is 1. The van der Waals surface area contributed by atoms with E-state index in [1.54, 1.807) is 12.1 Å². The number of benzene rings is 1. The minimum absolute atomic E-state index is 0.0866. The van der Waals surface area contributed by atoms with Gasteiger partial charge >= 0.3 is 6.18 Å². The zero-order valence-electron chi connectivity index (χ0n) is 12.2. The highest BCUT2D eigenvalue weighted by molar-refractivity contribution is 7.83. The van der Waals surface area contributed by atoms with Crippen molar-refractivity contribution in [2.75, 3.05) is 0 Å². The number of halogens is 4. The number of pyridine rings is 1. The van der Waals surface area contributed by atoms with Gasteiger partial charge in [-0.2, -0.15) is 18.3 Å². The highest BCUT2D eigenvalue weighted by Gasteiger charge is 2.30. The fraction of sp³-hybridized carbons (Fsp3) is 0.0667. The van der Waals surface area contributed by atoms with Gasteiger partial charge in [0.15, 0.2) is 16.7 Å². The van der Waals surface area contributed by atoms with Crippen LogP contribution in [0.2, 0.25) is 5.02 Å². The number of nitrogens with zero attached hydrogens (tertiary/aromatic N) is 2. The molecule has 0 aliphatic carbocycles. The van der Waals surface area contributed by atoms with E-state index >= 15 is 0 Å². The predicted molar refractivity (Wildman–Crippen MR) is 85.5 cm³/mol. The van der Waals surface area contributed by atoms with Crippen molar-refractivity contribution in [2.45, 2.75) is 11.1 Å². The number of aromatic nitrogens is 2. The Morgan fingerprint density at radius 2 is 1.92 bits per heavy atom. The predicted octanol–water partition coefficient (Wildman–Crippen LogP) is 3.46. The third kappa shape index (κ3) is 3.67. The number of hydrogen-bond acceptors (Lipinski definition) is 3. The first kappa shape index (κ1) is 17.4. The van der Waals surface area contributed by atoms with E-state index in [1.807, 2.05) is 0 Å². The Hall–Kier alpha value is -2.39. The molecular formula is C15H9ClF3N3O2S. The zero-order valence-corrected chi connectivity index (χ0v) is 13.8. The van der Waals surface area contributed by atoms with Crippen LogP contribution in [0.1, 0.15) is 16.1 Å². The monoisotopic (exact) mass is 387 g/mol. The van der Waals surface area contributed by atoms with E-state index in [1.165, 1.54) is 18.2 Å². The van der Waals surface area contributed by atoms with Crippen LogP contribution in [0, 0.1) is 0 Å². The molecule has 10 heteroatoms. The minimum atomic E-state index is -4.50. The molecule has 0 aliphatic heterocycles. The van der Waals surface area contributed by atoms with Gasteiger partial charge in [-0.15, -0.1) is 0 Å². The molecule has 1 amide bonds. The van der Waals surface area contributed by atoms with Gasteiger partial charge in [0.2, 0.25) is 0 Å². The van der Waals surface area contributed by atoms with Gasteiger partial charge in [0.05, 0.1) is 21.0 Å². The van der Waals surface area contributed by atoms with Gasteiger partial charge in [-0.25, -0.2) is 8.72 Å². The lowest BCUT2D eigenvalue weighted by Gasteiger charge is -2.05. The van der Waals surface area contributed by atoms with Gasteiger partial charge in [0, 0.05) is 6.20 Å². The van der Waals surface area contributed by atoms with Crippen LogP contribution in [0.15, 0.2) is 53.6 Å². The molecule has 25 heavy (non-hydrogen) atoms. The molecule has 5 nitrogen and oxygen atoms in total. The minimum Gasteiger partial charge on any atom is -0.266 e. The van der Waals surface area contributed by atoms with Gasteiger partial charge < -0.3 is 0 Å². The van der Waals surface area contributed by atoms with Crippen LogP contribution < -0.4 is 4.72 Å². The summed E-state index contributed by atoms with van der Waals surface area (Å²) in [6.07, 6.45) is -3.40. The molecule has 2 aromatic heterocycles. The molecular weight excluding hydrogens is 379 g/mol. The van der Waals surface area contributed by atoms with Crippen molar-refractivity contribution >= 4 is 34.0 Å². The fourth-order valence-corrected chi connectivity index (χ4v) is 3.24. The Morgan fingerprint density at radius 1 is 1.20 bits per heavy atom. The first-order valence-electron chi connectivity index (χ1n) is 6.79. The van der Waals surface area contributed by atoms with Crippen LogP contribution in [0.3, 0.4) is 0 Å². The number of hydrogen-bond donors (Lipinski definition) is 1. The van der Waals surface area contributed by atoms with E-state index in [2.05, 4.69) is 9.82 Å². The molecule has 0 radical (unpaired) electrons. The first-order valence-corrected chi connectivity index (χ1v) is 8.32. The Morgan fingerprint density at radius 3 is 2.60 bits per heavy atom. The summed E-state index contributed by atoms with van der Waals surface area (Å²) in [5.74, 6) is -0.796. The highest BCUT2D eigenvalue weighted by Crippen LogP contribution is 2.29. The van der Waals surface area contributed by atoms with Gasteiger partial charge in [-0.3, -0.25) is 9.52 Å². The maximum atomic E-state index is 12.7. The maximum Gasteiger partial charge on any atom is 0.416 e. The van der Waals surface area contributed by atoms with E-state index in [4.69, 9.17) is 11.6 Å². The average Bonchev–Trinajstić information content (AvgIpc) is 2.97. The summed E-state index contributed by atoms with van der Waals surface area (Å²) in [5, 5.41) is 4.09.